The van der Waals surface area contributed by atoms with E-state index in [0.717, 1.165) is 55.3 Å². The Hall–Kier alpha value is -2.62. The maximum absolute atomic E-state index is 9.62. The monoisotopic (exact) mass is 363 g/mol. The normalized spacial score (nSPS) is 15.9. The minimum Gasteiger partial charge on any atom is -0.379 e. The Labute approximate surface area is 159 Å². The maximum Gasteiger partial charge on any atom is 0.157 e. The number of para-hydroxylation sites is 2. The van der Waals surface area contributed by atoms with Gasteiger partial charge in [-0.15, -0.1) is 0 Å². The minimum absolute atomic E-state index is 0.00566. The van der Waals surface area contributed by atoms with Crippen molar-refractivity contribution >= 4 is 22.5 Å². The van der Waals surface area contributed by atoms with Crippen LogP contribution in [0.4, 0.5) is 5.82 Å². The van der Waals surface area contributed by atoms with Gasteiger partial charge in [0.15, 0.2) is 5.65 Å². The molecule has 2 aromatic heterocycles. The van der Waals surface area contributed by atoms with Crippen molar-refractivity contribution in [3.63, 3.8) is 0 Å². The zero-order chi connectivity index (χ0) is 19.0. The number of imidazole rings is 1. The molecule has 1 aliphatic rings. The Morgan fingerprint density at radius 2 is 2.00 bits per heavy atom. The van der Waals surface area contributed by atoms with Crippen LogP contribution in [-0.4, -0.2) is 52.7 Å². The number of pyridine rings is 1. The first-order valence-corrected chi connectivity index (χ1v) is 9.39. The summed E-state index contributed by atoms with van der Waals surface area (Å²) in [5.74, 6) is 0.969. The van der Waals surface area contributed by atoms with E-state index in [1.54, 1.807) is 0 Å². The molecule has 0 spiro atoms. The van der Waals surface area contributed by atoms with E-state index < -0.39 is 0 Å². The van der Waals surface area contributed by atoms with Gasteiger partial charge in [-0.2, -0.15) is 5.26 Å². The van der Waals surface area contributed by atoms with Crippen molar-refractivity contribution in [2.45, 2.75) is 26.3 Å². The Morgan fingerprint density at radius 3 is 2.74 bits per heavy atom. The number of nitrogens with one attached hydrogen (secondary N) is 1. The first-order chi connectivity index (χ1) is 13.0. The SMILES string of the molecule is Cc1cc(NCC(C)(C)N2CCOCC2)n2c(nc3ccccc32)c1C#N. The first kappa shape index (κ1) is 17.8. The van der Waals surface area contributed by atoms with Gasteiger partial charge in [0.2, 0.25) is 0 Å². The number of benzene rings is 1. The molecule has 1 aromatic carbocycles. The van der Waals surface area contributed by atoms with Crippen LogP contribution in [0.15, 0.2) is 30.3 Å². The minimum atomic E-state index is -0.00566. The van der Waals surface area contributed by atoms with Gasteiger partial charge in [0.05, 0.1) is 29.8 Å². The molecule has 0 atom stereocenters. The standard InChI is InChI=1S/C21H25N5O/c1-15-12-19(23-14-21(2,3)25-8-10-27-11-9-25)26-18-7-5-4-6-17(18)24-20(26)16(15)13-22/h4-7,12,23H,8-11,14H2,1-3H3. The van der Waals surface area contributed by atoms with Gasteiger partial charge in [0, 0.05) is 25.2 Å². The van der Waals surface area contributed by atoms with E-state index in [4.69, 9.17) is 9.72 Å². The molecule has 3 heterocycles. The van der Waals surface area contributed by atoms with Gasteiger partial charge >= 0.3 is 0 Å². The van der Waals surface area contributed by atoms with Crippen molar-refractivity contribution in [1.29, 1.82) is 5.26 Å². The topological polar surface area (TPSA) is 65.6 Å². The van der Waals surface area contributed by atoms with Gasteiger partial charge in [-0.3, -0.25) is 9.30 Å². The smallest absolute Gasteiger partial charge is 0.157 e. The van der Waals surface area contributed by atoms with Crippen LogP contribution >= 0.6 is 0 Å². The molecule has 140 valence electrons. The number of anilines is 1. The summed E-state index contributed by atoms with van der Waals surface area (Å²) in [6.45, 7) is 10.7. The Morgan fingerprint density at radius 1 is 1.26 bits per heavy atom. The first-order valence-electron chi connectivity index (χ1n) is 9.39. The number of aromatic nitrogens is 2. The van der Waals surface area contributed by atoms with Crippen molar-refractivity contribution in [1.82, 2.24) is 14.3 Å². The van der Waals surface area contributed by atoms with E-state index in [2.05, 4.69) is 40.6 Å². The van der Waals surface area contributed by atoms with Gasteiger partial charge in [-0.25, -0.2) is 4.98 Å². The number of nitriles is 1. The van der Waals surface area contributed by atoms with Crippen LogP contribution in [0.25, 0.3) is 16.7 Å². The fraction of sp³-hybridized carbons (Fsp3) is 0.429. The highest BCUT2D eigenvalue weighted by atomic mass is 16.5. The Balaban J connectivity index is 1.74. The molecule has 0 bridgehead atoms. The highest BCUT2D eigenvalue weighted by molar-refractivity contribution is 5.85. The molecule has 1 saturated heterocycles. The Bertz CT molecular complexity index is 1020. The molecule has 27 heavy (non-hydrogen) atoms. The molecule has 0 amide bonds. The molecule has 4 rings (SSSR count). The summed E-state index contributed by atoms with van der Waals surface area (Å²) in [6.07, 6.45) is 0. The van der Waals surface area contributed by atoms with E-state index in [1.165, 1.54) is 0 Å². The second kappa shape index (κ2) is 6.84. The number of hydrogen-bond donors (Lipinski definition) is 1. The van der Waals surface area contributed by atoms with Gasteiger partial charge < -0.3 is 10.1 Å². The summed E-state index contributed by atoms with van der Waals surface area (Å²) in [4.78, 5) is 7.18. The highest BCUT2D eigenvalue weighted by Crippen LogP contribution is 2.27. The molecule has 1 N–H and O–H groups in total. The van der Waals surface area contributed by atoms with Crippen LogP contribution in [0.5, 0.6) is 0 Å². The third kappa shape index (κ3) is 3.14. The summed E-state index contributed by atoms with van der Waals surface area (Å²) in [5, 5.41) is 13.2. The van der Waals surface area contributed by atoms with Gasteiger partial charge in [-0.05, 0) is 44.5 Å². The molecule has 0 unspecified atom stereocenters. The van der Waals surface area contributed by atoms with Gasteiger partial charge in [0.25, 0.3) is 0 Å². The lowest BCUT2D eigenvalue weighted by atomic mass is 10.0. The Kier molecular flexibility index (Phi) is 4.50. The third-order valence-corrected chi connectivity index (χ3v) is 5.45. The van der Waals surface area contributed by atoms with Crippen molar-refractivity contribution < 1.29 is 4.74 Å². The number of aryl methyl sites for hydroxylation is 1. The van der Waals surface area contributed by atoms with E-state index >= 15 is 0 Å². The van der Waals surface area contributed by atoms with Crippen LogP contribution in [0.3, 0.4) is 0 Å². The summed E-state index contributed by atoms with van der Waals surface area (Å²) in [5.41, 5.74) is 4.18. The van der Waals surface area contributed by atoms with Crippen LogP contribution < -0.4 is 5.32 Å². The molecule has 1 aliphatic heterocycles. The number of fused-ring (bicyclic) bond motifs is 3. The van der Waals surface area contributed by atoms with Crippen molar-refractivity contribution in [2.75, 3.05) is 38.2 Å². The van der Waals surface area contributed by atoms with Crippen LogP contribution in [0.1, 0.15) is 25.0 Å². The molecule has 6 nitrogen and oxygen atoms in total. The van der Waals surface area contributed by atoms with Crippen LogP contribution in [0, 0.1) is 18.3 Å². The molecular weight excluding hydrogens is 338 g/mol. The zero-order valence-corrected chi connectivity index (χ0v) is 16.1. The number of nitrogens with zero attached hydrogens (tertiary/aromatic N) is 4. The fourth-order valence-corrected chi connectivity index (χ4v) is 3.81. The van der Waals surface area contributed by atoms with Gasteiger partial charge in [0.1, 0.15) is 11.9 Å². The molecule has 6 heteroatoms. The molecule has 0 aliphatic carbocycles. The average molecular weight is 363 g/mol. The van der Waals surface area contributed by atoms with E-state index in [0.29, 0.717) is 11.2 Å². The van der Waals surface area contributed by atoms with Gasteiger partial charge in [-0.1, -0.05) is 12.1 Å². The number of ether oxygens (including phenoxy) is 1. The second-order valence-electron chi connectivity index (χ2n) is 7.72. The van der Waals surface area contributed by atoms with E-state index in [9.17, 15) is 5.26 Å². The number of hydrogen-bond acceptors (Lipinski definition) is 5. The van der Waals surface area contributed by atoms with Crippen LogP contribution in [0.2, 0.25) is 0 Å². The third-order valence-electron chi connectivity index (χ3n) is 5.45. The predicted molar refractivity (Wildman–Crippen MR) is 107 cm³/mol. The predicted octanol–water partition coefficient (Wildman–Crippen LogP) is 3.19. The lowest BCUT2D eigenvalue weighted by Crippen LogP contribution is -2.53. The largest absolute Gasteiger partial charge is 0.379 e. The van der Waals surface area contributed by atoms with Crippen molar-refractivity contribution in [2.24, 2.45) is 0 Å². The second-order valence-corrected chi connectivity index (χ2v) is 7.72. The molecule has 3 aromatic rings. The highest BCUT2D eigenvalue weighted by Gasteiger charge is 2.28. The summed E-state index contributed by atoms with van der Waals surface area (Å²) < 4.78 is 7.56. The average Bonchev–Trinajstić information content (AvgIpc) is 3.06. The van der Waals surface area contributed by atoms with E-state index in [1.807, 2.05) is 31.2 Å². The zero-order valence-electron chi connectivity index (χ0n) is 16.1. The quantitative estimate of drug-likeness (QED) is 0.771. The molecular formula is C21H25N5O. The van der Waals surface area contributed by atoms with E-state index in [-0.39, 0.29) is 5.54 Å². The summed E-state index contributed by atoms with van der Waals surface area (Å²) >= 11 is 0. The lowest BCUT2D eigenvalue weighted by molar-refractivity contribution is -0.00570. The summed E-state index contributed by atoms with van der Waals surface area (Å²) in [7, 11) is 0. The lowest BCUT2D eigenvalue weighted by Gasteiger charge is -2.41. The molecule has 0 radical (unpaired) electrons. The summed E-state index contributed by atoms with van der Waals surface area (Å²) in [6, 6.07) is 12.4. The molecule has 1 fully saturated rings. The fourth-order valence-electron chi connectivity index (χ4n) is 3.81. The number of rotatable bonds is 4. The van der Waals surface area contributed by atoms with Crippen LogP contribution in [-0.2, 0) is 4.74 Å². The van der Waals surface area contributed by atoms with Crippen molar-refractivity contribution in [3.05, 3.63) is 41.5 Å². The molecule has 0 saturated carbocycles. The maximum atomic E-state index is 9.62. The van der Waals surface area contributed by atoms with Crippen molar-refractivity contribution in [3.8, 4) is 6.07 Å². The number of morpholine rings is 1.